The third-order valence-corrected chi connectivity index (χ3v) is 6.15. The van der Waals surface area contributed by atoms with Gasteiger partial charge in [-0.05, 0) is 23.3 Å². The maximum absolute atomic E-state index is 13.6. The molecule has 3 aromatic carbocycles. The Hall–Kier alpha value is -3.66. The molecule has 1 saturated heterocycles. The normalized spacial score (nSPS) is 25.4. The van der Waals surface area contributed by atoms with Gasteiger partial charge in [0, 0.05) is 17.9 Å². The Morgan fingerprint density at radius 2 is 1.13 bits per heavy atom. The van der Waals surface area contributed by atoms with Gasteiger partial charge in [0.25, 0.3) is 0 Å². The Labute approximate surface area is 175 Å². The molecule has 1 aliphatic carbocycles. The monoisotopic (exact) mass is 395 g/mol. The molecule has 4 atom stereocenters. The van der Waals surface area contributed by atoms with Gasteiger partial charge in [-0.2, -0.15) is 0 Å². The number of nitrogens with zero attached hydrogens (tertiary/aromatic N) is 1. The summed E-state index contributed by atoms with van der Waals surface area (Å²) in [6, 6.07) is 26.1. The van der Waals surface area contributed by atoms with Crippen molar-refractivity contribution in [2.75, 3.05) is 4.90 Å². The van der Waals surface area contributed by atoms with Crippen LogP contribution in [0.15, 0.2) is 97.1 Å². The number of imide groups is 1. The number of amides is 2. The topological polar surface area (TPSA) is 57.6 Å². The van der Waals surface area contributed by atoms with Gasteiger partial charge < -0.3 is 5.11 Å². The minimum atomic E-state index is -0.488. The van der Waals surface area contributed by atoms with Crippen LogP contribution in [0.4, 0.5) is 5.69 Å². The quantitative estimate of drug-likeness (QED) is 0.519. The summed E-state index contributed by atoms with van der Waals surface area (Å²) in [6.45, 7) is 0. The maximum Gasteiger partial charge on any atom is 0.238 e. The van der Waals surface area contributed by atoms with Crippen molar-refractivity contribution in [3.05, 3.63) is 108 Å². The molecule has 5 rings (SSSR count). The summed E-state index contributed by atoms with van der Waals surface area (Å²) < 4.78 is 0. The molecule has 1 N–H and O–H groups in total. The van der Waals surface area contributed by atoms with Crippen LogP contribution in [0.25, 0.3) is 0 Å². The zero-order chi connectivity index (χ0) is 20.7. The number of benzene rings is 3. The van der Waals surface area contributed by atoms with E-state index in [0.717, 1.165) is 11.1 Å². The second-order valence-corrected chi connectivity index (χ2v) is 7.84. The standard InChI is InChI=1S/C26H21NO3/c28-20-13-7-12-19(16-20)27-25(29)23-21(17-8-3-1-4-9-17)14-15-22(24(23)26(27)30)18-10-5-2-6-11-18/h1-16,21-24,28H/t21-,22+,23-,24-/m0/s1. The fourth-order valence-electron chi connectivity index (χ4n) is 4.82. The molecule has 0 unspecified atom stereocenters. The van der Waals surface area contributed by atoms with Crippen LogP contribution in [0.3, 0.4) is 0 Å². The highest BCUT2D eigenvalue weighted by Gasteiger charge is 2.55. The molecule has 30 heavy (non-hydrogen) atoms. The molecule has 1 heterocycles. The third kappa shape index (κ3) is 2.92. The highest BCUT2D eigenvalue weighted by molar-refractivity contribution is 6.23. The maximum atomic E-state index is 13.6. The van der Waals surface area contributed by atoms with E-state index in [4.69, 9.17) is 0 Å². The van der Waals surface area contributed by atoms with E-state index in [-0.39, 0.29) is 29.4 Å². The van der Waals surface area contributed by atoms with Crippen molar-refractivity contribution in [1.82, 2.24) is 0 Å². The molecule has 0 aromatic heterocycles. The van der Waals surface area contributed by atoms with Crippen LogP contribution >= 0.6 is 0 Å². The van der Waals surface area contributed by atoms with Gasteiger partial charge in [-0.1, -0.05) is 78.9 Å². The van der Waals surface area contributed by atoms with E-state index in [0.29, 0.717) is 5.69 Å². The number of carbonyl (C=O) groups excluding carboxylic acids is 2. The van der Waals surface area contributed by atoms with Gasteiger partial charge >= 0.3 is 0 Å². The molecular weight excluding hydrogens is 374 g/mol. The Morgan fingerprint density at radius 1 is 0.633 bits per heavy atom. The molecule has 1 aliphatic heterocycles. The molecule has 0 saturated carbocycles. The number of fused-ring (bicyclic) bond motifs is 1. The minimum absolute atomic E-state index is 0.0281. The first-order valence-electron chi connectivity index (χ1n) is 10.1. The van der Waals surface area contributed by atoms with Crippen LogP contribution in [0.2, 0.25) is 0 Å². The van der Waals surface area contributed by atoms with Gasteiger partial charge in [0.1, 0.15) is 5.75 Å². The first-order chi connectivity index (χ1) is 14.6. The Morgan fingerprint density at radius 3 is 1.60 bits per heavy atom. The van der Waals surface area contributed by atoms with E-state index in [1.54, 1.807) is 12.1 Å². The summed E-state index contributed by atoms with van der Waals surface area (Å²) in [5.74, 6) is -1.72. The predicted octanol–water partition coefficient (Wildman–Crippen LogP) is 4.64. The number of hydrogen-bond acceptors (Lipinski definition) is 3. The van der Waals surface area contributed by atoms with Crippen LogP contribution in [0.5, 0.6) is 5.75 Å². The van der Waals surface area contributed by atoms with Crippen molar-refractivity contribution < 1.29 is 14.7 Å². The van der Waals surface area contributed by atoms with E-state index < -0.39 is 11.8 Å². The van der Waals surface area contributed by atoms with Crippen LogP contribution in [-0.2, 0) is 9.59 Å². The molecule has 3 aromatic rings. The number of allylic oxidation sites excluding steroid dienone is 2. The van der Waals surface area contributed by atoms with E-state index >= 15 is 0 Å². The van der Waals surface area contributed by atoms with Crippen LogP contribution in [0.1, 0.15) is 23.0 Å². The lowest BCUT2D eigenvalue weighted by Gasteiger charge is -2.32. The second-order valence-electron chi connectivity index (χ2n) is 7.84. The van der Waals surface area contributed by atoms with Crippen molar-refractivity contribution >= 4 is 17.5 Å². The lowest BCUT2D eigenvalue weighted by atomic mass is 9.68. The molecule has 0 bridgehead atoms. The molecule has 4 nitrogen and oxygen atoms in total. The zero-order valence-corrected chi connectivity index (χ0v) is 16.3. The van der Waals surface area contributed by atoms with Crippen LogP contribution < -0.4 is 4.90 Å². The highest BCUT2D eigenvalue weighted by atomic mass is 16.3. The first-order valence-corrected chi connectivity index (χ1v) is 10.1. The van der Waals surface area contributed by atoms with Gasteiger partial charge in [-0.25, -0.2) is 4.90 Å². The Bertz CT molecular complexity index is 1060. The second kappa shape index (κ2) is 7.30. The summed E-state index contributed by atoms with van der Waals surface area (Å²) in [6.07, 6.45) is 4.15. The summed E-state index contributed by atoms with van der Waals surface area (Å²) in [4.78, 5) is 28.5. The molecule has 0 spiro atoms. The van der Waals surface area contributed by atoms with E-state index in [2.05, 4.69) is 12.2 Å². The Balaban J connectivity index is 1.64. The number of hydrogen-bond donors (Lipinski definition) is 1. The summed E-state index contributed by atoms with van der Waals surface area (Å²) >= 11 is 0. The molecule has 2 amide bonds. The number of aromatic hydroxyl groups is 1. The summed E-state index contributed by atoms with van der Waals surface area (Å²) in [7, 11) is 0. The summed E-state index contributed by atoms with van der Waals surface area (Å²) in [5.41, 5.74) is 2.46. The fourth-order valence-corrected chi connectivity index (χ4v) is 4.82. The molecule has 1 fully saturated rings. The average molecular weight is 395 g/mol. The number of phenols is 1. The molecule has 148 valence electrons. The molecular formula is C26H21NO3. The third-order valence-electron chi connectivity index (χ3n) is 6.15. The molecule has 0 radical (unpaired) electrons. The van der Waals surface area contributed by atoms with Gasteiger partial charge in [0.2, 0.25) is 11.8 Å². The van der Waals surface area contributed by atoms with E-state index in [9.17, 15) is 14.7 Å². The van der Waals surface area contributed by atoms with Crippen molar-refractivity contribution in [1.29, 1.82) is 0 Å². The van der Waals surface area contributed by atoms with Gasteiger partial charge in [0.15, 0.2) is 0 Å². The number of phenolic OH excluding ortho intramolecular Hbond substituents is 1. The van der Waals surface area contributed by atoms with Crippen molar-refractivity contribution in [3.63, 3.8) is 0 Å². The van der Waals surface area contributed by atoms with Crippen molar-refractivity contribution in [3.8, 4) is 5.75 Å². The van der Waals surface area contributed by atoms with E-state index in [1.165, 1.54) is 17.0 Å². The van der Waals surface area contributed by atoms with Gasteiger partial charge in [-0.15, -0.1) is 0 Å². The largest absolute Gasteiger partial charge is 0.508 e. The van der Waals surface area contributed by atoms with Crippen LogP contribution in [0, 0.1) is 11.8 Å². The first kappa shape index (κ1) is 18.4. The number of rotatable bonds is 3. The summed E-state index contributed by atoms with van der Waals surface area (Å²) in [5, 5.41) is 9.90. The molecule has 2 aliphatic rings. The van der Waals surface area contributed by atoms with Gasteiger partial charge in [0.05, 0.1) is 17.5 Å². The minimum Gasteiger partial charge on any atom is -0.508 e. The SMILES string of the molecule is O=C1[C@@H]2[C@@H](C(=O)N1c1cccc(O)c1)[C@H](c1ccccc1)C=C[C@@H]2c1ccccc1. The number of carbonyl (C=O) groups is 2. The smallest absolute Gasteiger partial charge is 0.238 e. The average Bonchev–Trinajstić information content (AvgIpc) is 3.05. The van der Waals surface area contributed by atoms with E-state index in [1.807, 2.05) is 60.7 Å². The van der Waals surface area contributed by atoms with Crippen LogP contribution in [-0.4, -0.2) is 16.9 Å². The van der Waals surface area contributed by atoms with Crippen molar-refractivity contribution in [2.24, 2.45) is 11.8 Å². The Kier molecular flexibility index (Phi) is 4.47. The lowest BCUT2D eigenvalue weighted by molar-refractivity contribution is -0.122. The van der Waals surface area contributed by atoms with Gasteiger partial charge in [-0.3, -0.25) is 9.59 Å². The number of anilines is 1. The highest BCUT2D eigenvalue weighted by Crippen LogP contribution is 2.50. The molecule has 4 heteroatoms. The predicted molar refractivity (Wildman–Crippen MR) is 115 cm³/mol. The zero-order valence-electron chi connectivity index (χ0n) is 16.3. The lowest BCUT2D eigenvalue weighted by Crippen LogP contribution is -2.31. The fraction of sp³-hybridized carbons (Fsp3) is 0.154. The van der Waals surface area contributed by atoms with Crippen molar-refractivity contribution in [2.45, 2.75) is 11.8 Å².